The number of likely N-dealkylation sites (tertiary alicyclic amines) is 1. The molecule has 0 saturated carbocycles. The fraction of sp³-hybridized carbons (Fsp3) is 0.636. The van der Waals surface area contributed by atoms with Gasteiger partial charge in [0.15, 0.2) is 0 Å². The highest BCUT2D eigenvalue weighted by molar-refractivity contribution is 5.85. The second-order valence-corrected chi connectivity index (χ2v) is 4.87. The van der Waals surface area contributed by atoms with Crippen LogP contribution in [0.2, 0.25) is 0 Å². The Morgan fingerprint density at radius 2 is 2.00 bits per heavy atom. The van der Waals surface area contributed by atoms with Crippen molar-refractivity contribution >= 4 is 12.1 Å². The van der Waals surface area contributed by atoms with Gasteiger partial charge in [0.25, 0.3) is 0 Å². The van der Waals surface area contributed by atoms with E-state index in [2.05, 4.69) is 0 Å². The zero-order chi connectivity index (χ0) is 13.2. The van der Waals surface area contributed by atoms with Crippen LogP contribution in [0.3, 0.4) is 0 Å². The first-order valence-electron chi connectivity index (χ1n) is 5.29. The molecule has 0 radical (unpaired) electrons. The van der Waals surface area contributed by atoms with Crippen LogP contribution >= 0.6 is 0 Å². The number of halogens is 1. The number of hydrogen-bond donors (Lipinski definition) is 1. The monoisotopic (exact) mass is 245 g/mol. The van der Waals surface area contributed by atoms with Crippen molar-refractivity contribution in [2.45, 2.75) is 32.8 Å². The SMILES string of the molecule is CC(C)(C)OC(=O)N1CCC(=C(F)C(=O)O)C1. The average Bonchev–Trinajstić information content (AvgIpc) is 2.62. The van der Waals surface area contributed by atoms with Crippen molar-refractivity contribution in [3.8, 4) is 0 Å². The molecular formula is C11H16FNO4. The molecule has 0 aromatic heterocycles. The second-order valence-electron chi connectivity index (χ2n) is 4.87. The summed E-state index contributed by atoms with van der Waals surface area (Å²) in [6.07, 6.45) is -0.317. The number of carbonyl (C=O) groups excluding carboxylic acids is 1. The van der Waals surface area contributed by atoms with Crippen LogP contribution in [-0.4, -0.2) is 40.8 Å². The number of hydrogen-bond acceptors (Lipinski definition) is 3. The molecule has 0 aromatic carbocycles. The van der Waals surface area contributed by atoms with Gasteiger partial charge in [-0.25, -0.2) is 9.59 Å². The van der Waals surface area contributed by atoms with Crippen LogP contribution in [0, 0.1) is 0 Å². The summed E-state index contributed by atoms with van der Waals surface area (Å²) in [6, 6.07) is 0. The van der Waals surface area contributed by atoms with Crippen LogP contribution in [0.25, 0.3) is 0 Å². The van der Waals surface area contributed by atoms with Gasteiger partial charge in [-0.15, -0.1) is 0 Å². The van der Waals surface area contributed by atoms with Crippen LogP contribution in [0.5, 0.6) is 0 Å². The summed E-state index contributed by atoms with van der Waals surface area (Å²) in [7, 11) is 0. The molecule has 0 spiro atoms. The van der Waals surface area contributed by atoms with Gasteiger partial charge >= 0.3 is 12.1 Å². The van der Waals surface area contributed by atoms with Crippen LogP contribution < -0.4 is 0 Å². The van der Waals surface area contributed by atoms with E-state index in [1.54, 1.807) is 20.8 Å². The van der Waals surface area contributed by atoms with Crippen LogP contribution in [-0.2, 0) is 9.53 Å². The summed E-state index contributed by atoms with van der Waals surface area (Å²) < 4.78 is 18.2. The fourth-order valence-electron chi connectivity index (χ4n) is 1.47. The Morgan fingerprint density at radius 1 is 1.41 bits per heavy atom. The first-order chi connectivity index (χ1) is 7.70. The standard InChI is InChI=1S/C11H16FNO4/c1-11(2,3)17-10(16)13-5-4-7(6-13)8(12)9(14)15/h4-6H2,1-3H3,(H,14,15). The Labute approximate surface area is 98.8 Å². The van der Waals surface area contributed by atoms with Gasteiger partial charge in [0, 0.05) is 13.1 Å². The van der Waals surface area contributed by atoms with E-state index in [0.717, 1.165) is 0 Å². The first kappa shape index (κ1) is 13.5. The Morgan fingerprint density at radius 3 is 2.47 bits per heavy atom. The minimum absolute atomic E-state index is 0.0208. The number of carbonyl (C=O) groups is 2. The molecule has 1 N–H and O–H groups in total. The molecule has 1 aliphatic heterocycles. The Kier molecular flexibility index (Phi) is 3.75. The van der Waals surface area contributed by atoms with E-state index in [0.29, 0.717) is 0 Å². The molecule has 1 amide bonds. The maximum absolute atomic E-state index is 13.1. The first-order valence-corrected chi connectivity index (χ1v) is 5.29. The summed E-state index contributed by atoms with van der Waals surface area (Å²) in [5, 5.41) is 8.49. The van der Waals surface area contributed by atoms with Gasteiger partial charge in [0.2, 0.25) is 5.83 Å². The third-order valence-electron chi connectivity index (χ3n) is 2.22. The van der Waals surface area contributed by atoms with Crippen molar-refractivity contribution < 1.29 is 23.8 Å². The lowest BCUT2D eigenvalue weighted by atomic mass is 10.2. The molecule has 0 unspecified atom stereocenters. The van der Waals surface area contributed by atoms with Gasteiger partial charge < -0.3 is 14.7 Å². The third kappa shape index (κ3) is 3.72. The van der Waals surface area contributed by atoms with Crippen LogP contribution in [0.15, 0.2) is 11.4 Å². The van der Waals surface area contributed by atoms with Crippen LogP contribution in [0.1, 0.15) is 27.2 Å². The van der Waals surface area contributed by atoms with Crippen molar-refractivity contribution in [1.29, 1.82) is 0 Å². The molecule has 0 aliphatic carbocycles. The maximum Gasteiger partial charge on any atom is 0.410 e. The molecule has 5 nitrogen and oxygen atoms in total. The normalized spacial score (nSPS) is 19.2. The Hall–Kier alpha value is -1.59. The van der Waals surface area contributed by atoms with E-state index < -0.39 is 23.5 Å². The zero-order valence-electron chi connectivity index (χ0n) is 10.1. The van der Waals surface area contributed by atoms with Crippen molar-refractivity contribution in [3.05, 3.63) is 11.4 Å². The molecule has 1 saturated heterocycles. The van der Waals surface area contributed by atoms with E-state index in [1.165, 1.54) is 4.90 Å². The number of nitrogens with zero attached hydrogens (tertiary/aromatic N) is 1. The summed E-state index contributed by atoms with van der Waals surface area (Å²) in [5.41, 5.74) is -0.488. The summed E-state index contributed by atoms with van der Waals surface area (Å²) in [4.78, 5) is 23.3. The van der Waals surface area contributed by atoms with Gasteiger partial charge in [-0.2, -0.15) is 4.39 Å². The summed E-state index contributed by atoms with van der Waals surface area (Å²) >= 11 is 0. The largest absolute Gasteiger partial charge is 0.476 e. The lowest BCUT2D eigenvalue weighted by Gasteiger charge is -2.23. The number of ether oxygens (including phenoxy) is 1. The fourth-order valence-corrected chi connectivity index (χ4v) is 1.47. The molecule has 0 bridgehead atoms. The lowest BCUT2D eigenvalue weighted by Crippen LogP contribution is -2.34. The van der Waals surface area contributed by atoms with E-state index in [9.17, 15) is 14.0 Å². The quantitative estimate of drug-likeness (QED) is 0.717. The predicted octanol–water partition coefficient (Wildman–Crippen LogP) is 1.94. The van der Waals surface area contributed by atoms with Crippen molar-refractivity contribution in [2.75, 3.05) is 13.1 Å². The molecular weight excluding hydrogens is 229 g/mol. The molecule has 1 aliphatic rings. The van der Waals surface area contributed by atoms with E-state index in [4.69, 9.17) is 9.84 Å². The Balaban J connectivity index is 2.66. The molecule has 0 aromatic rings. The van der Waals surface area contributed by atoms with Crippen molar-refractivity contribution in [1.82, 2.24) is 4.90 Å². The minimum Gasteiger partial charge on any atom is -0.476 e. The summed E-state index contributed by atoms with van der Waals surface area (Å²) in [5.74, 6) is -2.76. The molecule has 1 heterocycles. The second kappa shape index (κ2) is 4.73. The van der Waals surface area contributed by atoms with E-state index in [1.807, 2.05) is 0 Å². The molecule has 1 rings (SSSR count). The highest BCUT2D eigenvalue weighted by atomic mass is 19.1. The average molecular weight is 245 g/mol. The van der Waals surface area contributed by atoms with Gasteiger partial charge in [0.1, 0.15) is 5.60 Å². The van der Waals surface area contributed by atoms with E-state index in [-0.39, 0.29) is 25.1 Å². The number of carboxylic acids is 1. The smallest absolute Gasteiger partial charge is 0.410 e. The van der Waals surface area contributed by atoms with Crippen molar-refractivity contribution in [2.24, 2.45) is 0 Å². The number of amides is 1. The highest BCUT2D eigenvalue weighted by Gasteiger charge is 2.29. The summed E-state index contributed by atoms with van der Waals surface area (Å²) in [6.45, 7) is 5.46. The highest BCUT2D eigenvalue weighted by Crippen LogP contribution is 2.22. The molecule has 96 valence electrons. The van der Waals surface area contributed by atoms with Crippen LogP contribution in [0.4, 0.5) is 9.18 Å². The number of rotatable bonds is 1. The van der Waals surface area contributed by atoms with Gasteiger partial charge in [0.05, 0.1) is 0 Å². The molecule has 17 heavy (non-hydrogen) atoms. The molecule has 1 fully saturated rings. The maximum atomic E-state index is 13.1. The van der Waals surface area contributed by atoms with Crippen molar-refractivity contribution in [3.63, 3.8) is 0 Å². The third-order valence-corrected chi connectivity index (χ3v) is 2.22. The minimum atomic E-state index is -1.59. The molecule has 0 atom stereocenters. The van der Waals surface area contributed by atoms with E-state index >= 15 is 0 Å². The van der Waals surface area contributed by atoms with Gasteiger partial charge in [-0.3, -0.25) is 0 Å². The number of aliphatic carboxylic acids is 1. The topological polar surface area (TPSA) is 66.8 Å². The number of carboxylic acid groups (broad SMARTS) is 1. The Bertz CT molecular complexity index is 370. The van der Waals surface area contributed by atoms with Gasteiger partial charge in [-0.1, -0.05) is 0 Å². The molecule has 6 heteroatoms. The van der Waals surface area contributed by atoms with Gasteiger partial charge in [-0.05, 0) is 32.8 Å². The zero-order valence-corrected chi connectivity index (χ0v) is 10.1. The predicted molar refractivity (Wildman–Crippen MR) is 58.2 cm³/mol. The lowest BCUT2D eigenvalue weighted by molar-refractivity contribution is -0.134.